The molecule has 0 atom stereocenters. The van der Waals surface area contributed by atoms with Crippen molar-refractivity contribution in [3.05, 3.63) is 182 Å². The number of benzene rings is 9. The van der Waals surface area contributed by atoms with Crippen LogP contribution in [0.2, 0.25) is 0 Å². The molecule has 0 N–H and O–H groups in total. The Hall–Kier alpha value is -7.67. The fraction of sp³-hybridized carbons (Fsp3) is 0. The third kappa shape index (κ3) is 4.94. The topological polar surface area (TPSA) is 56.7 Å². The molecule has 9 aromatic carbocycles. The maximum absolute atomic E-state index is 6.92. The molecule has 0 saturated heterocycles. The molecule has 0 aliphatic carbocycles. The molecule has 13 rings (SSSR count). The van der Waals surface area contributed by atoms with Crippen LogP contribution in [0.4, 0.5) is 0 Å². The number of furan rings is 1. The smallest absolute Gasteiger partial charge is 0.164 e. The van der Waals surface area contributed by atoms with Crippen LogP contribution >= 0.6 is 11.3 Å². The van der Waals surface area contributed by atoms with E-state index >= 15 is 0 Å². The van der Waals surface area contributed by atoms with Crippen molar-refractivity contribution in [2.45, 2.75) is 0 Å². The van der Waals surface area contributed by atoms with Gasteiger partial charge in [-0.25, -0.2) is 15.0 Å². The Morgan fingerprint density at radius 3 is 1.88 bits per heavy atom. The van der Waals surface area contributed by atoms with Crippen molar-refractivity contribution < 1.29 is 4.42 Å². The van der Waals surface area contributed by atoms with Crippen LogP contribution in [0.3, 0.4) is 0 Å². The second-order valence-electron chi connectivity index (χ2n) is 15.2. The lowest BCUT2D eigenvalue weighted by Crippen LogP contribution is -2.01. The fourth-order valence-electron chi connectivity index (χ4n) is 9.04. The first-order chi connectivity index (χ1) is 29.2. The summed E-state index contributed by atoms with van der Waals surface area (Å²) in [5.74, 6) is 1.82. The standard InChI is InChI=1S/C53H30N4OS/c1-2-12-32-27-35(22-21-31(32)11-1)51-54-52(36-23-26-48-42(29-36)38-16-7-10-20-47(38)59-48)56-53(55-51)40-24-25-44(50-49(40)39-17-6-9-19-46(39)58-50)57-43-18-8-5-15-37(43)41-28-33-13-3-4-14-34(33)30-45(41)57/h1-30H. The Balaban J connectivity index is 1.09. The number of hydrogen-bond acceptors (Lipinski definition) is 5. The van der Waals surface area contributed by atoms with E-state index in [1.807, 2.05) is 12.1 Å². The Bertz CT molecular complexity index is 3870. The fourth-order valence-corrected chi connectivity index (χ4v) is 10.1. The van der Waals surface area contributed by atoms with Gasteiger partial charge in [-0.3, -0.25) is 0 Å². The number of para-hydroxylation sites is 2. The number of aromatic nitrogens is 4. The largest absolute Gasteiger partial charge is 0.454 e. The Morgan fingerprint density at radius 2 is 1.03 bits per heavy atom. The molecule has 4 heterocycles. The van der Waals surface area contributed by atoms with Crippen molar-refractivity contribution in [2.24, 2.45) is 0 Å². The summed E-state index contributed by atoms with van der Waals surface area (Å²) >= 11 is 1.81. The molecule has 59 heavy (non-hydrogen) atoms. The normalized spacial score (nSPS) is 12.1. The first kappa shape index (κ1) is 32.4. The Morgan fingerprint density at radius 1 is 0.407 bits per heavy atom. The Kier molecular flexibility index (Phi) is 6.82. The summed E-state index contributed by atoms with van der Waals surface area (Å²) in [7, 11) is 0. The van der Waals surface area contributed by atoms with E-state index in [9.17, 15) is 0 Å². The van der Waals surface area contributed by atoms with E-state index in [-0.39, 0.29) is 0 Å². The number of thiophene rings is 1. The van der Waals surface area contributed by atoms with Gasteiger partial charge in [0.1, 0.15) is 5.58 Å². The van der Waals surface area contributed by atoms with E-state index in [2.05, 4.69) is 174 Å². The van der Waals surface area contributed by atoms with E-state index in [4.69, 9.17) is 19.4 Å². The monoisotopic (exact) mass is 770 g/mol. The lowest BCUT2D eigenvalue weighted by atomic mass is 10.0. The first-order valence-corrected chi connectivity index (χ1v) is 20.6. The molecule has 0 unspecified atom stereocenters. The highest BCUT2D eigenvalue weighted by atomic mass is 32.1. The molecule has 0 saturated carbocycles. The zero-order valence-electron chi connectivity index (χ0n) is 31.4. The van der Waals surface area contributed by atoms with Crippen LogP contribution in [0, 0.1) is 0 Å². The molecule has 4 aromatic heterocycles. The highest BCUT2D eigenvalue weighted by Crippen LogP contribution is 2.43. The van der Waals surface area contributed by atoms with Crippen molar-refractivity contribution in [2.75, 3.05) is 0 Å². The highest BCUT2D eigenvalue weighted by molar-refractivity contribution is 7.25. The third-order valence-corrected chi connectivity index (χ3v) is 13.0. The van der Waals surface area contributed by atoms with Gasteiger partial charge in [0.25, 0.3) is 0 Å². The molecular weight excluding hydrogens is 741 g/mol. The molecule has 6 heteroatoms. The maximum atomic E-state index is 6.92. The summed E-state index contributed by atoms with van der Waals surface area (Å²) in [5.41, 5.74) is 7.53. The van der Waals surface area contributed by atoms with E-state index in [0.29, 0.717) is 17.5 Å². The van der Waals surface area contributed by atoms with E-state index in [0.717, 1.165) is 60.7 Å². The summed E-state index contributed by atoms with van der Waals surface area (Å²) in [6.07, 6.45) is 0. The molecule has 0 amide bonds. The molecule has 13 aromatic rings. The molecule has 0 fully saturated rings. The molecule has 0 bridgehead atoms. The van der Waals surface area contributed by atoms with Gasteiger partial charge in [-0.2, -0.15) is 0 Å². The average molecular weight is 771 g/mol. The van der Waals surface area contributed by atoms with Crippen LogP contribution in [0.15, 0.2) is 186 Å². The molecule has 0 aliphatic heterocycles. The lowest BCUT2D eigenvalue weighted by molar-refractivity contribution is 0.666. The van der Waals surface area contributed by atoms with Gasteiger partial charge in [0.15, 0.2) is 23.1 Å². The average Bonchev–Trinajstić information content (AvgIpc) is 3.97. The molecule has 0 radical (unpaired) electrons. The van der Waals surface area contributed by atoms with Gasteiger partial charge in [-0.1, -0.05) is 115 Å². The van der Waals surface area contributed by atoms with Crippen LogP contribution < -0.4 is 0 Å². The zero-order chi connectivity index (χ0) is 38.6. The molecule has 274 valence electrons. The van der Waals surface area contributed by atoms with Crippen molar-refractivity contribution in [3.8, 4) is 39.9 Å². The first-order valence-electron chi connectivity index (χ1n) is 19.8. The second kappa shape index (κ2) is 12.4. The van der Waals surface area contributed by atoms with Gasteiger partial charge in [-0.15, -0.1) is 11.3 Å². The number of nitrogens with zero attached hydrogens (tertiary/aromatic N) is 4. The van der Waals surface area contributed by atoms with Crippen LogP contribution in [0.25, 0.3) is 125 Å². The summed E-state index contributed by atoms with van der Waals surface area (Å²) in [5, 5.41) is 11.5. The van der Waals surface area contributed by atoms with Crippen molar-refractivity contribution in [1.29, 1.82) is 0 Å². The summed E-state index contributed by atoms with van der Waals surface area (Å²) in [6.45, 7) is 0. The number of rotatable bonds is 4. The van der Waals surface area contributed by atoms with E-state index in [1.165, 1.54) is 47.1 Å². The van der Waals surface area contributed by atoms with E-state index < -0.39 is 0 Å². The number of hydrogen-bond donors (Lipinski definition) is 0. The molecule has 0 spiro atoms. The van der Waals surface area contributed by atoms with Gasteiger partial charge in [-0.05, 0) is 88.3 Å². The minimum Gasteiger partial charge on any atom is -0.454 e. The SMILES string of the molecule is c1ccc2cc(-c3nc(-c4ccc5sc6ccccc6c5c4)nc(-c4ccc(-n5c6ccccc6c6cc7ccccc7cc65)c5oc6ccccc6c45)n3)ccc2c1. The minimum atomic E-state index is 0.588. The quantitative estimate of drug-likeness (QED) is 0.179. The van der Waals surface area contributed by atoms with Gasteiger partial charge < -0.3 is 8.98 Å². The lowest BCUT2D eigenvalue weighted by Gasteiger charge is -2.13. The molecule has 5 nitrogen and oxygen atoms in total. The highest BCUT2D eigenvalue weighted by Gasteiger charge is 2.23. The van der Waals surface area contributed by atoms with Crippen LogP contribution in [0.1, 0.15) is 0 Å². The second-order valence-corrected chi connectivity index (χ2v) is 16.3. The predicted molar refractivity (Wildman–Crippen MR) is 246 cm³/mol. The van der Waals surface area contributed by atoms with Gasteiger partial charge in [0.05, 0.1) is 16.7 Å². The Labute approximate surface area is 341 Å². The van der Waals surface area contributed by atoms with Gasteiger partial charge in [0.2, 0.25) is 0 Å². The summed E-state index contributed by atoms with van der Waals surface area (Å²) in [4.78, 5) is 15.8. The summed E-state index contributed by atoms with van der Waals surface area (Å²) in [6, 6.07) is 64.4. The molecule has 0 aliphatic rings. The molecular formula is C53H30N4OS. The van der Waals surface area contributed by atoms with Crippen LogP contribution in [-0.2, 0) is 0 Å². The summed E-state index contributed by atoms with van der Waals surface area (Å²) < 4.78 is 11.8. The van der Waals surface area contributed by atoms with Crippen molar-refractivity contribution in [1.82, 2.24) is 19.5 Å². The van der Waals surface area contributed by atoms with Crippen molar-refractivity contribution in [3.63, 3.8) is 0 Å². The third-order valence-electron chi connectivity index (χ3n) is 11.8. The number of fused-ring (bicyclic) bond motifs is 11. The van der Waals surface area contributed by atoms with Crippen LogP contribution in [-0.4, -0.2) is 19.5 Å². The van der Waals surface area contributed by atoms with Gasteiger partial charge >= 0.3 is 0 Å². The van der Waals surface area contributed by atoms with E-state index in [1.54, 1.807) is 11.3 Å². The zero-order valence-corrected chi connectivity index (χ0v) is 32.2. The van der Waals surface area contributed by atoms with Crippen LogP contribution in [0.5, 0.6) is 0 Å². The maximum Gasteiger partial charge on any atom is 0.164 e. The van der Waals surface area contributed by atoms with Crippen molar-refractivity contribution >= 4 is 96.8 Å². The minimum absolute atomic E-state index is 0.588. The predicted octanol–water partition coefficient (Wildman–Crippen LogP) is 14.5. The van der Waals surface area contributed by atoms with Gasteiger partial charge in [0, 0.05) is 58.4 Å².